The van der Waals surface area contributed by atoms with E-state index in [-0.39, 0.29) is 23.7 Å². The number of carbonyl (C=O) groups is 2. The Hall–Kier alpha value is -3.34. The van der Waals surface area contributed by atoms with Crippen molar-refractivity contribution in [2.75, 3.05) is 26.7 Å². The minimum absolute atomic E-state index is 0.00610. The number of carbonyl (C=O) groups excluding carboxylic acids is 2. The highest BCUT2D eigenvalue weighted by molar-refractivity contribution is 5.98. The Bertz CT molecular complexity index is 1040. The zero-order valence-corrected chi connectivity index (χ0v) is 16.5. The van der Waals surface area contributed by atoms with Crippen molar-refractivity contribution in [3.8, 4) is 0 Å². The Morgan fingerprint density at radius 1 is 1.17 bits per heavy atom. The molecule has 0 bridgehead atoms. The summed E-state index contributed by atoms with van der Waals surface area (Å²) in [4.78, 5) is 32.0. The lowest BCUT2D eigenvalue weighted by Crippen LogP contribution is -2.35. The van der Waals surface area contributed by atoms with Crippen LogP contribution in [0.25, 0.3) is 10.9 Å². The van der Waals surface area contributed by atoms with Gasteiger partial charge in [-0.15, -0.1) is 0 Å². The summed E-state index contributed by atoms with van der Waals surface area (Å²) in [5.41, 5.74) is 2.89. The van der Waals surface area contributed by atoms with E-state index >= 15 is 0 Å². The molecule has 4 rings (SSSR count). The highest BCUT2D eigenvalue weighted by Crippen LogP contribution is 2.33. The third-order valence-electron chi connectivity index (χ3n) is 5.81. The third kappa shape index (κ3) is 3.81. The van der Waals surface area contributed by atoms with Crippen LogP contribution in [0.4, 0.5) is 0 Å². The van der Waals surface area contributed by atoms with Crippen LogP contribution in [0.3, 0.4) is 0 Å². The van der Waals surface area contributed by atoms with E-state index in [1.807, 2.05) is 60.6 Å². The molecule has 2 unspecified atom stereocenters. The fourth-order valence-electron chi connectivity index (χ4n) is 4.28. The third-order valence-corrected chi connectivity index (χ3v) is 5.81. The SMILES string of the molecule is C=CC(=O)N1CC(CN(C)C(=O)c2ccc3[nH]ccc3c2)C(c2ccccc2)C1. The summed E-state index contributed by atoms with van der Waals surface area (Å²) in [6.07, 6.45) is 3.24. The van der Waals surface area contributed by atoms with Gasteiger partial charge in [-0.1, -0.05) is 36.9 Å². The van der Waals surface area contributed by atoms with E-state index in [9.17, 15) is 9.59 Å². The van der Waals surface area contributed by atoms with E-state index in [4.69, 9.17) is 0 Å². The van der Waals surface area contributed by atoms with E-state index in [0.29, 0.717) is 25.2 Å². The van der Waals surface area contributed by atoms with Gasteiger partial charge in [-0.05, 0) is 35.9 Å². The Morgan fingerprint density at radius 2 is 1.97 bits per heavy atom. The van der Waals surface area contributed by atoms with E-state index in [2.05, 4.69) is 23.7 Å². The van der Waals surface area contributed by atoms with Crippen molar-refractivity contribution in [3.05, 3.63) is 84.6 Å². The lowest BCUT2D eigenvalue weighted by molar-refractivity contribution is -0.125. The number of hydrogen-bond donors (Lipinski definition) is 1. The molecule has 5 nitrogen and oxygen atoms in total. The van der Waals surface area contributed by atoms with Crippen LogP contribution in [-0.2, 0) is 4.79 Å². The number of benzene rings is 2. The number of H-pyrrole nitrogens is 1. The van der Waals surface area contributed by atoms with Gasteiger partial charge < -0.3 is 14.8 Å². The van der Waals surface area contributed by atoms with Gasteiger partial charge in [0.05, 0.1) is 0 Å². The van der Waals surface area contributed by atoms with Crippen molar-refractivity contribution in [2.24, 2.45) is 5.92 Å². The number of fused-ring (bicyclic) bond motifs is 1. The lowest BCUT2D eigenvalue weighted by Gasteiger charge is -2.25. The average Bonchev–Trinajstić information content (AvgIpc) is 3.39. The summed E-state index contributed by atoms with van der Waals surface area (Å²) in [5.74, 6) is 0.308. The molecule has 1 aliphatic heterocycles. The van der Waals surface area contributed by atoms with Crippen LogP contribution in [0.1, 0.15) is 21.8 Å². The second kappa shape index (κ2) is 7.95. The number of hydrogen-bond acceptors (Lipinski definition) is 2. The van der Waals surface area contributed by atoms with Crippen LogP contribution >= 0.6 is 0 Å². The molecular weight excluding hydrogens is 362 g/mol. The Morgan fingerprint density at radius 3 is 2.72 bits per heavy atom. The van der Waals surface area contributed by atoms with Gasteiger partial charge in [0.15, 0.2) is 0 Å². The predicted molar refractivity (Wildman–Crippen MR) is 115 cm³/mol. The molecule has 1 saturated heterocycles. The molecule has 2 aromatic carbocycles. The fourth-order valence-corrected chi connectivity index (χ4v) is 4.28. The number of nitrogens with one attached hydrogen (secondary N) is 1. The van der Waals surface area contributed by atoms with Crippen LogP contribution in [0.2, 0.25) is 0 Å². The first kappa shape index (κ1) is 19.0. The molecule has 0 aliphatic carbocycles. The highest BCUT2D eigenvalue weighted by atomic mass is 16.2. The first-order valence-electron chi connectivity index (χ1n) is 9.85. The molecule has 1 fully saturated rings. The molecule has 2 amide bonds. The molecule has 2 atom stereocenters. The Balaban J connectivity index is 1.53. The molecule has 1 N–H and O–H groups in total. The average molecular weight is 387 g/mol. The number of nitrogens with zero attached hydrogens (tertiary/aromatic N) is 2. The van der Waals surface area contributed by atoms with Gasteiger partial charge in [-0.25, -0.2) is 0 Å². The van der Waals surface area contributed by atoms with Crippen LogP contribution in [0, 0.1) is 5.92 Å². The molecule has 2 heterocycles. The van der Waals surface area contributed by atoms with Gasteiger partial charge in [-0.2, -0.15) is 0 Å². The molecular formula is C24H25N3O2. The molecule has 3 aromatic rings. The maximum atomic E-state index is 13.0. The Labute approximate surface area is 170 Å². The summed E-state index contributed by atoms with van der Waals surface area (Å²) in [7, 11) is 1.84. The quantitative estimate of drug-likeness (QED) is 0.679. The summed E-state index contributed by atoms with van der Waals surface area (Å²) >= 11 is 0. The first-order chi connectivity index (χ1) is 14.1. The number of likely N-dealkylation sites (tertiary alicyclic amines) is 1. The minimum Gasteiger partial charge on any atom is -0.361 e. The molecule has 0 saturated carbocycles. The zero-order chi connectivity index (χ0) is 20.4. The topological polar surface area (TPSA) is 56.4 Å². The Kier molecular flexibility index (Phi) is 5.21. The van der Waals surface area contributed by atoms with Crippen molar-refractivity contribution >= 4 is 22.7 Å². The standard InChI is InChI=1S/C24H25N3O2/c1-3-23(28)27-15-20(21(16-27)17-7-5-4-6-8-17)14-26(2)24(29)19-9-10-22-18(13-19)11-12-25-22/h3-13,20-21,25H,1,14-16H2,2H3. The van der Waals surface area contributed by atoms with Crippen molar-refractivity contribution in [2.45, 2.75) is 5.92 Å². The second-order valence-electron chi connectivity index (χ2n) is 7.69. The smallest absolute Gasteiger partial charge is 0.253 e. The predicted octanol–water partition coefficient (Wildman–Crippen LogP) is 3.67. The minimum atomic E-state index is -0.0553. The summed E-state index contributed by atoms with van der Waals surface area (Å²) in [6.45, 7) is 5.48. The van der Waals surface area contributed by atoms with Crippen LogP contribution in [-0.4, -0.2) is 53.3 Å². The summed E-state index contributed by atoms with van der Waals surface area (Å²) < 4.78 is 0. The molecule has 5 heteroatoms. The monoisotopic (exact) mass is 387 g/mol. The van der Waals surface area contributed by atoms with E-state index < -0.39 is 0 Å². The molecule has 29 heavy (non-hydrogen) atoms. The number of aromatic nitrogens is 1. The van der Waals surface area contributed by atoms with Gasteiger partial charge in [0, 0.05) is 61.2 Å². The van der Waals surface area contributed by atoms with Crippen LogP contribution in [0.5, 0.6) is 0 Å². The molecule has 1 aromatic heterocycles. The lowest BCUT2D eigenvalue weighted by atomic mass is 9.88. The molecule has 148 valence electrons. The van der Waals surface area contributed by atoms with Crippen molar-refractivity contribution in [1.29, 1.82) is 0 Å². The highest BCUT2D eigenvalue weighted by Gasteiger charge is 2.36. The van der Waals surface area contributed by atoms with Gasteiger partial charge >= 0.3 is 0 Å². The first-order valence-corrected chi connectivity index (χ1v) is 9.85. The van der Waals surface area contributed by atoms with Crippen LogP contribution < -0.4 is 0 Å². The molecule has 0 spiro atoms. The molecule has 1 aliphatic rings. The van der Waals surface area contributed by atoms with E-state index in [0.717, 1.165) is 10.9 Å². The molecule has 0 radical (unpaired) electrons. The van der Waals surface area contributed by atoms with Gasteiger partial charge in [0.1, 0.15) is 0 Å². The maximum Gasteiger partial charge on any atom is 0.253 e. The zero-order valence-electron chi connectivity index (χ0n) is 16.5. The van der Waals surface area contributed by atoms with E-state index in [1.54, 1.807) is 4.90 Å². The second-order valence-corrected chi connectivity index (χ2v) is 7.69. The summed E-state index contributed by atoms with van der Waals surface area (Å²) in [6, 6.07) is 17.9. The number of aromatic amines is 1. The fraction of sp³-hybridized carbons (Fsp3) is 0.250. The van der Waals surface area contributed by atoms with Gasteiger partial charge in [-0.3, -0.25) is 9.59 Å². The maximum absolute atomic E-state index is 13.0. The normalized spacial score (nSPS) is 18.7. The van der Waals surface area contributed by atoms with Gasteiger partial charge in [0.25, 0.3) is 5.91 Å². The number of rotatable bonds is 5. The van der Waals surface area contributed by atoms with Crippen molar-refractivity contribution < 1.29 is 9.59 Å². The van der Waals surface area contributed by atoms with Crippen LogP contribution in [0.15, 0.2) is 73.4 Å². The largest absolute Gasteiger partial charge is 0.361 e. The number of amides is 2. The van der Waals surface area contributed by atoms with E-state index in [1.165, 1.54) is 11.6 Å². The van der Waals surface area contributed by atoms with Crippen molar-refractivity contribution in [1.82, 2.24) is 14.8 Å². The van der Waals surface area contributed by atoms with Gasteiger partial charge in [0.2, 0.25) is 5.91 Å². The van der Waals surface area contributed by atoms with Crippen molar-refractivity contribution in [3.63, 3.8) is 0 Å². The summed E-state index contributed by atoms with van der Waals surface area (Å²) in [5, 5.41) is 1.02.